The Morgan fingerprint density at radius 1 is 1.33 bits per heavy atom. The molecule has 0 amide bonds. The average molecular weight is 161 g/mol. The number of carboxylic acids is 1. The zero-order valence-corrected chi connectivity index (χ0v) is 6.45. The molecule has 0 saturated carbocycles. The molecule has 1 N–H and O–H groups in total. The first-order valence-corrected chi connectivity index (χ1v) is 3.81. The highest BCUT2D eigenvalue weighted by atomic mass is 16.5. The minimum absolute atomic E-state index is 0.436. The molecule has 1 aliphatic carbocycles. The number of benzene rings is 1. The van der Waals surface area contributed by atoms with Crippen LogP contribution in [0.15, 0.2) is 30.3 Å². The molecule has 0 spiro atoms. The van der Waals surface area contributed by atoms with Gasteiger partial charge in [-0.1, -0.05) is 30.3 Å². The third kappa shape index (κ3) is 0.925. The van der Waals surface area contributed by atoms with Crippen LogP contribution in [0.3, 0.4) is 0 Å². The second-order valence-electron chi connectivity index (χ2n) is 2.78. The summed E-state index contributed by atoms with van der Waals surface area (Å²) in [6.45, 7) is 0. The number of rotatable bonds is 1. The van der Waals surface area contributed by atoms with Crippen molar-refractivity contribution in [2.45, 2.75) is 6.42 Å². The zero-order chi connectivity index (χ0) is 8.55. The molecule has 0 aliphatic heterocycles. The Bertz CT molecular complexity index is 364. The molecule has 0 fully saturated rings. The molecule has 0 atom stereocenters. The molecule has 1 aromatic rings. The smallest absolute Gasteiger partial charge is 0.335 e. The predicted octanol–water partition coefficient (Wildman–Crippen LogP) is 1.71. The van der Waals surface area contributed by atoms with E-state index in [1.54, 1.807) is 6.08 Å². The normalized spacial score (nSPS) is 13.8. The highest BCUT2D eigenvalue weighted by Crippen LogP contribution is 2.26. The van der Waals surface area contributed by atoms with Crippen molar-refractivity contribution < 1.29 is 9.90 Å². The number of fused-ring (bicyclic) bond motifs is 1. The van der Waals surface area contributed by atoms with E-state index in [0.717, 1.165) is 17.5 Å². The van der Waals surface area contributed by atoms with E-state index in [2.05, 4.69) is 0 Å². The molecular weight excluding hydrogens is 153 g/mol. The zero-order valence-electron chi connectivity index (χ0n) is 6.45. The summed E-state index contributed by atoms with van der Waals surface area (Å²) in [7, 11) is 0. The number of hydrogen-bond acceptors (Lipinski definition) is 1. The Balaban J connectivity index is 2.52. The molecule has 0 aromatic heterocycles. The summed E-state index contributed by atoms with van der Waals surface area (Å²) in [5.74, 6) is -0.833. The van der Waals surface area contributed by atoms with Crippen molar-refractivity contribution in [3.63, 3.8) is 0 Å². The average Bonchev–Trinajstić information content (AvgIpc) is 2.47. The highest BCUT2D eigenvalue weighted by molar-refractivity contribution is 6.16. The monoisotopic (exact) mass is 161 g/mol. The lowest BCUT2D eigenvalue weighted by Gasteiger charge is -1.98. The third-order valence-electron chi connectivity index (χ3n) is 2.06. The standard InChI is InChI=1S/C10H8O2/c11-10(12)9-6-5-7-3-1-2-4-8(7)9/h1-4,6H,5H2,(H,11,12)/i10+1. The number of allylic oxidation sites excluding steroid dienone is 1. The van der Waals surface area contributed by atoms with Crippen LogP contribution >= 0.6 is 0 Å². The summed E-state index contributed by atoms with van der Waals surface area (Å²) in [6, 6.07) is 7.60. The summed E-state index contributed by atoms with van der Waals surface area (Å²) in [6.07, 6.45) is 2.50. The van der Waals surface area contributed by atoms with E-state index < -0.39 is 5.97 Å². The molecule has 0 heterocycles. The van der Waals surface area contributed by atoms with Crippen LogP contribution in [-0.2, 0) is 11.2 Å². The number of aliphatic carboxylic acids is 1. The van der Waals surface area contributed by atoms with E-state index in [1.807, 2.05) is 24.3 Å². The van der Waals surface area contributed by atoms with Gasteiger partial charge < -0.3 is 5.11 Å². The molecule has 0 saturated heterocycles. The second-order valence-corrected chi connectivity index (χ2v) is 2.78. The first-order valence-electron chi connectivity index (χ1n) is 3.81. The molecular formula is C10H8O2. The Morgan fingerprint density at radius 3 is 2.83 bits per heavy atom. The van der Waals surface area contributed by atoms with Crippen molar-refractivity contribution >= 4 is 11.5 Å². The molecule has 0 unspecified atom stereocenters. The SMILES string of the molecule is O=[13C](O)C1=CCc2ccccc21. The van der Waals surface area contributed by atoms with Crippen LogP contribution in [0, 0.1) is 0 Å². The quantitative estimate of drug-likeness (QED) is 0.636. The van der Waals surface area contributed by atoms with Crippen molar-refractivity contribution in [3.05, 3.63) is 41.5 Å². The van der Waals surface area contributed by atoms with Gasteiger partial charge in [-0.2, -0.15) is 0 Å². The van der Waals surface area contributed by atoms with Crippen molar-refractivity contribution in [1.82, 2.24) is 0 Å². The molecule has 1 aliphatic rings. The van der Waals surface area contributed by atoms with Gasteiger partial charge in [0.2, 0.25) is 0 Å². The van der Waals surface area contributed by atoms with E-state index >= 15 is 0 Å². The van der Waals surface area contributed by atoms with Crippen LogP contribution in [0.4, 0.5) is 0 Å². The summed E-state index contributed by atoms with van der Waals surface area (Å²) in [4.78, 5) is 10.7. The highest BCUT2D eigenvalue weighted by Gasteiger charge is 2.17. The van der Waals surface area contributed by atoms with Gasteiger partial charge in [0.15, 0.2) is 0 Å². The Morgan fingerprint density at radius 2 is 2.08 bits per heavy atom. The van der Waals surface area contributed by atoms with Crippen LogP contribution < -0.4 is 0 Å². The third-order valence-corrected chi connectivity index (χ3v) is 2.06. The molecule has 2 heteroatoms. The van der Waals surface area contributed by atoms with Gasteiger partial charge in [0.1, 0.15) is 0 Å². The van der Waals surface area contributed by atoms with Crippen LogP contribution in [0.1, 0.15) is 11.1 Å². The van der Waals surface area contributed by atoms with Gasteiger partial charge in [0.25, 0.3) is 0 Å². The lowest BCUT2D eigenvalue weighted by molar-refractivity contribution is -0.130. The maximum atomic E-state index is 10.7. The second kappa shape index (κ2) is 2.48. The summed E-state index contributed by atoms with van der Waals surface area (Å²) >= 11 is 0. The van der Waals surface area contributed by atoms with Crippen LogP contribution in [0.5, 0.6) is 0 Å². The fourth-order valence-electron chi connectivity index (χ4n) is 1.49. The Labute approximate surface area is 70.2 Å². The number of carbonyl (C=O) groups is 1. The van der Waals surface area contributed by atoms with Gasteiger partial charge in [0.05, 0.1) is 5.57 Å². The van der Waals surface area contributed by atoms with Crippen LogP contribution in [-0.4, -0.2) is 11.1 Å². The summed E-state index contributed by atoms with van der Waals surface area (Å²) < 4.78 is 0. The molecule has 2 rings (SSSR count). The van der Waals surface area contributed by atoms with Crippen molar-refractivity contribution in [1.29, 1.82) is 0 Å². The maximum absolute atomic E-state index is 10.7. The van der Waals surface area contributed by atoms with Crippen molar-refractivity contribution in [2.75, 3.05) is 0 Å². The van der Waals surface area contributed by atoms with Crippen LogP contribution in [0.25, 0.3) is 5.57 Å². The van der Waals surface area contributed by atoms with E-state index in [0.29, 0.717) is 5.57 Å². The van der Waals surface area contributed by atoms with Gasteiger partial charge >= 0.3 is 5.97 Å². The minimum Gasteiger partial charge on any atom is -0.478 e. The summed E-state index contributed by atoms with van der Waals surface area (Å²) in [5, 5.41) is 8.79. The van der Waals surface area contributed by atoms with Crippen LogP contribution in [0.2, 0.25) is 0 Å². The largest absolute Gasteiger partial charge is 0.478 e. The molecule has 1 aromatic carbocycles. The lowest BCUT2D eigenvalue weighted by atomic mass is 10.1. The van der Waals surface area contributed by atoms with Gasteiger partial charge in [0, 0.05) is 0 Å². The molecule has 0 radical (unpaired) electrons. The van der Waals surface area contributed by atoms with E-state index in [-0.39, 0.29) is 0 Å². The van der Waals surface area contributed by atoms with Crippen molar-refractivity contribution in [2.24, 2.45) is 0 Å². The van der Waals surface area contributed by atoms with Gasteiger partial charge in [-0.05, 0) is 17.5 Å². The fraction of sp³-hybridized carbons (Fsp3) is 0.100. The first-order chi connectivity index (χ1) is 5.79. The molecule has 60 valence electrons. The van der Waals surface area contributed by atoms with Gasteiger partial charge in [-0.25, -0.2) is 4.79 Å². The van der Waals surface area contributed by atoms with E-state index in [9.17, 15) is 4.79 Å². The number of carboxylic acid groups (broad SMARTS) is 1. The Kier molecular flexibility index (Phi) is 1.47. The number of hydrogen-bond donors (Lipinski definition) is 1. The first kappa shape index (κ1) is 7.10. The van der Waals surface area contributed by atoms with Crippen molar-refractivity contribution in [3.8, 4) is 0 Å². The Hall–Kier alpha value is -1.57. The molecule has 2 nitrogen and oxygen atoms in total. The van der Waals surface area contributed by atoms with E-state index in [1.165, 1.54) is 0 Å². The molecule has 12 heavy (non-hydrogen) atoms. The van der Waals surface area contributed by atoms with Gasteiger partial charge in [-0.15, -0.1) is 0 Å². The van der Waals surface area contributed by atoms with Gasteiger partial charge in [-0.3, -0.25) is 0 Å². The predicted molar refractivity (Wildman–Crippen MR) is 45.8 cm³/mol. The molecule has 0 bridgehead atoms. The lowest BCUT2D eigenvalue weighted by Crippen LogP contribution is -1.97. The maximum Gasteiger partial charge on any atom is 0.335 e. The van der Waals surface area contributed by atoms with E-state index in [4.69, 9.17) is 5.11 Å². The minimum atomic E-state index is -0.833. The fourth-order valence-corrected chi connectivity index (χ4v) is 1.49. The summed E-state index contributed by atoms with van der Waals surface area (Å²) in [5.41, 5.74) is 2.41. The topological polar surface area (TPSA) is 37.3 Å².